The van der Waals surface area contributed by atoms with Gasteiger partial charge in [0.25, 0.3) is 0 Å². The van der Waals surface area contributed by atoms with Gasteiger partial charge in [0.05, 0.1) is 9.17 Å². The maximum atomic E-state index is 4.70. The molecule has 0 atom stereocenters. The van der Waals surface area contributed by atoms with Crippen molar-refractivity contribution in [2.75, 3.05) is 32.5 Å². The Morgan fingerprint density at radius 3 is 2.73 bits per heavy atom. The van der Waals surface area contributed by atoms with Crippen LogP contribution in [0.1, 0.15) is 0 Å². The third-order valence-corrected chi connectivity index (χ3v) is 5.05. The molecule has 7 heteroatoms. The summed E-state index contributed by atoms with van der Waals surface area (Å²) in [6.07, 6.45) is 3.51. The quantitative estimate of drug-likeness (QED) is 0.737. The van der Waals surface area contributed by atoms with E-state index in [9.17, 15) is 0 Å². The number of rotatable bonds is 5. The lowest BCUT2D eigenvalue weighted by atomic mass is 10.2. The third-order valence-electron chi connectivity index (χ3n) is 3.16. The van der Waals surface area contributed by atoms with Gasteiger partial charge in [-0.2, -0.15) is 0 Å². The van der Waals surface area contributed by atoms with Crippen molar-refractivity contribution in [1.82, 2.24) is 19.9 Å². The molecule has 1 N–H and O–H groups in total. The van der Waals surface area contributed by atoms with Crippen molar-refractivity contribution in [2.24, 2.45) is 0 Å². The molecule has 0 unspecified atom stereocenters. The minimum absolute atomic E-state index is 0.710. The Labute approximate surface area is 141 Å². The first-order valence-corrected chi connectivity index (χ1v) is 8.56. The predicted octanol–water partition coefficient (Wildman–Crippen LogP) is 3.49. The molecule has 0 spiro atoms. The summed E-state index contributed by atoms with van der Waals surface area (Å²) in [7, 11) is 4.11. The van der Waals surface area contributed by atoms with Crippen molar-refractivity contribution in [2.45, 2.75) is 0 Å². The Bertz CT molecular complexity index is 772. The van der Waals surface area contributed by atoms with Gasteiger partial charge in [0.1, 0.15) is 11.3 Å². The molecule has 3 aromatic rings. The van der Waals surface area contributed by atoms with Crippen LogP contribution < -0.4 is 5.32 Å². The molecule has 0 aliphatic rings. The molecule has 114 valence electrons. The molecule has 0 amide bonds. The normalized spacial score (nSPS) is 11.3. The van der Waals surface area contributed by atoms with Crippen LogP contribution in [-0.2, 0) is 0 Å². The number of halogens is 1. The number of nitrogens with one attached hydrogen (secondary N) is 1. The van der Waals surface area contributed by atoms with Gasteiger partial charge < -0.3 is 10.2 Å². The lowest BCUT2D eigenvalue weighted by molar-refractivity contribution is 0.425. The molecular formula is C15H16BrN5S. The fourth-order valence-corrected chi connectivity index (χ4v) is 3.57. The van der Waals surface area contributed by atoms with Gasteiger partial charge in [-0.15, -0.1) is 11.3 Å². The van der Waals surface area contributed by atoms with Crippen molar-refractivity contribution in [3.8, 4) is 11.4 Å². The van der Waals surface area contributed by atoms with E-state index in [1.54, 1.807) is 23.7 Å². The molecule has 0 fully saturated rings. The number of aromatic nitrogens is 3. The van der Waals surface area contributed by atoms with Crippen LogP contribution in [0.25, 0.3) is 21.6 Å². The molecule has 0 bridgehead atoms. The zero-order valence-electron chi connectivity index (χ0n) is 12.4. The van der Waals surface area contributed by atoms with Crippen LogP contribution in [0, 0.1) is 0 Å². The van der Waals surface area contributed by atoms with Crippen molar-refractivity contribution in [3.63, 3.8) is 0 Å². The summed E-state index contributed by atoms with van der Waals surface area (Å²) in [5.41, 5.74) is 1.91. The van der Waals surface area contributed by atoms with Gasteiger partial charge in [0, 0.05) is 36.4 Å². The second-order valence-corrected chi connectivity index (χ2v) is 6.86. The molecule has 3 aromatic heterocycles. The minimum atomic E-state index is 0.710. The van der Waals surface area contributed by atoms with Crippen LogP contribution in [-0.4, -0.2) is 47.0 Å². The lowest BCUT2D eigenvalue weighted by Crippen LogP contribution is -2.21. The van der Waals surface area contributed by atoms with Crippen molar-refractivity contribution >= 4 is 43.3 Å². The standard InChI is InChI=1S/C15H16BrN5S/c1-21(2)8-7-18-15-13-12(11(16)9-22-13)19-14(20-15)10-3-5-17-6-4-10/h3-6,9H,7-8H2,1-2H3,(H,18,19,20). The van der Waals surface area contributed by atoms with E-state index in [4.69, 9.17) is 4.98 Å². The molecule has 3 heterocycles. The first-order chi connectivity index (χ1) is 10.6. The summed E-state index contributed by atoms with van der Waals surface area (Å²) in [5, 5.41) is 5.47. The summed E-state index contributed by atoms with van der Waals surface area (Å²) in [6.45, 7) is 1.78. The maximum Gasteiger partial charge on any atom is 0.162 e. The molecular weight excluding hydrogens is 362 g/mol. The monoisotopic (exact) mass is 377 g/mol. The average molecular weight is 378 g/mol. The van der Waals surface area contributed by atoms with Crippen molar-refractivity contribution in [1.29, 1.82) is 0 Å². The Hall–Kier alpha value is -1.57. The largest absolute Gasteiger partial charge is 0.367 e. The van der Waals surface area contributed by atoms with Gasteiger partial charge in [-0.3, -0.25) is 4.98 Å². The van der Waals surface area contributed by atoms with E-state index in [-0.39, 0.29) is 0 Å². The number of hydrogen-bond acceptors (Lipinski definition) is 6. The van der Waals surface area contributed by atoms with Crippen LogP contribution in [0.4, 0.5) is 5.82 Å². The van der Waals surface area contributed by atoms with E-state index in [2.05, 4.69) is 50.2 Å². The molecule has 0 radical (unpaired) electrons. The SMILES string of the molecule is CN(C)CCNc1nc(-c2ccncc2)nc2c(Br)csc12. The topological polar surface area (TPSA) is 53.9 Å². The summed E-state index contributed by atoms with van der Waals surface area (Å²) in [5.74, 6) is 1.59. The Kier molecular flexibility index (Phi) is 4.66. The molecule has 5 nitrogen and oxygen atoms in total. The van der Waals surface area contributed by atoms with E-state index in [1.807, 2.05) is 17.5 Å². The van der Waals surface area contributed by atoms with E-state index in [0.29, 0.717) is 5.82 Å². The third kappa shape index (κ3) is 3.26. The fraction of sp³-hybridized carbons (Fsp3) is 0.267. The Morgan fingerprint density at radius 2 is 2.00 bits per heavy atom. The second kappa shape index (κ2) is 6.68. The van der Waals surface area contributed by atoms with E-state index in [0.717, 1.165) is 39.2 Å². The number of likely N-dealkylation sites (N-methyl/N-ethyl adjacent to an activating group) is 1. The predicted molar refractivity (Wildman–Crippen MR) is 95.4 cm³/mol. The number of hydrogen-bond donors (Lipinski definition) is 1. The number of thiophene rings is 1. The summed E-state index contributed by atoms with van der Waals surface area (Å²) in [6, 6.07) is 3.84. The zero-order chi connectivity index (χ0) is 15.5. The maximum absolute atomic E-state index is 4.70. The molecule has 0 aliphatic carbocycles. The van der Waals surface area contributed by atoms with E-state index in [1.165, 1.54) is 0 Å². The highest BCUT2D eigenvalue weighted by atomic mass is 79.9. The number of nitrogens with zero attached hydrogens (tertiary/aromatic N) is 4. The minimum Gasteiger partial charge on any atom is -0.367 e. The summed E-state index contributed by atoms with van der Waals surface area (Å²) in [4.78, 5) is 15.6. The van der Waals surface area contributed by atoms with E-state index >= 15 is 0 Å². The van der Waals surface area contributed by atoms with Crippen LogP contribution >= 0.6 is 27.3 Å². The fourth-order valence-electron chi connectivity index (χ4n) is 2.04. The molecule has 0 aromatic carbocycles. The number of fused-ring (bicyclic) bond motifs is 1. The van der Waals surface area contributed by atoms with Gasteiger partial charge in [0.2, 0.25) is 0 Å². The molecule has 0 aliphatic heterocycles. The van der Waals surface area contributed by atoms with Gasteiger partial charge in [0.15, 0.2) is 5.82 Å². The lowest BCUT2D eigenvalue weighted by Gasteiger charge is -2.12. The van der Waals surface area contributed by atoms with E-state index < -0.39 is 0 Å². The van der Waals surface area contributed by atoms with Crippen LogP contribution in [0.5, 0.6) is 0 Å². The summed E-state index contributed by atoms with van der Waals surface area (Å²) < 4.78 is 2.07. The zero-order valence-corrected chi connectivity index (χ0v) is 14.8. The number of pyridine rings is 1. The highest BCUT2D eigenvalue weighted by molar-refractivity contribution is 9.10. The van der Waals surface area contributed by atoms with Crippen LogP contribution in [0.15, 0.2) is 34.4 Å². The van der Waals surface area contributed by atoms with Crippen LogP contribution in [0.3, 0.4) is 0 Å². The van der Waals surface area contributed by atoms with Gasteiger partial charge in [-0.1, -0.05) is 0 Å². The number of anilines is 1. The smallest absolute Gasteiger partial charge is 0.162 e. The highest BCUT2D eigenvalue weighted by Gasteiger charge is 2.13. The second-order valence-electron chi connectivity index (χ2n) is 5.12. The Morgan fingerprint density at radius 1 is 1.23 bits per heavy atom. The first-order valence-electron chi connectivity index (χ1n) is 6.89. The van der Waals surface area contributed by atoms with Crippen LogP contribution in [0.2, 0.25) is 0 Å². The first kappa shape index (κ1) is 15.3. The van der Waals surface area contributed by atoms with Crippen molar-refractivity contribution in [3.05, 3.63) is 34.4 Å². The summed E-state index contributed by atoms with van der Waals surface area (Å²) >= 11 is 5.21. The molecule has 0 saturated heterocycles. The molecule has 22 heavy (non-hydrogen) atoms. The van der Waals surface area contributed by atoms with Gasteiger partial charge >= 0.3 is 0 Å². The van der Waals surface area contributed by atoms with Gasteiger partial charge in [-0.05, 0) is 42.2 Å². The highest BCUT2D eigenvalue weighted by Crippen LogP contribution is 2.34. The Balaban J connectivity index is 2.02. The van der Waals surface area contributed by atoms with Gasteiger partial charge in [-0.25, -0.2) is 9.97 Å². The van der Waals surface area contributed by atoms with Crippen molar-refractivity contribution < 1.29 is 0 Å². The molecule has 3 rings (SSSR count). The molecule has 0 saturated carbocycles. The average Bonchev–Trinajstić information content (AvgIpc) is 2.89.